The van der Waals surface area contributed by atoms with E-state index < -0.39 is 35.3 Å². The van der Waals surface area contributed by atoms with Gasteiger partial charge in [-0.15, -0.1) is 5.10 Å². The Bertz CT molecular complexity index is 1600. The number of anilines is 1. The van der Waals surface area contributed by atoms with Gasteiger partial charge in [0.25, 0.3) is 11.5 Å². The van der Waals surface area contributed by atoms with Gasteiger partial charge in [0.2, 0.25) is 11.7 Å². The highest BCUT2D eigenvalue weighted by molar-refractivity contribution is 5.98. The molecule has 12 heteroatoms. The van der Waals surface area contributed by atoms with Gasteiger partial charge >= 0.3 is 5.69 Å². The van der Waals surface area contributed by atoms with Crippen molar-refractivity contribution in [2.45, 2.75) is 32.9 Å². The summed E-state index contributed by atoms with van der Waals surface area (Å²) in [6.07, 6.45) is 0.720. The minimum atomic E-state index is -0.848. The summed E-state index contributed by atoms with van der Waals surface area (Å²) in [5, 5.41) is 9.27. The molecule has 2 amide bonds. The SMILES string of the molecule is CCC(C)NC(=O)c1ccc2c(=O)n(C)c3nn(CC(=O)Nc4cc(F)ccc4F)c(=O)n3c2c1. The van der Waals surface area contributed by atoms with E-state index in [4.69, 9.17) is 0 Å². The maximum atomic E-state index is 13.9. The number of rotatable bonds is 6. The molecule has 4 aromatic rings. The van der Waals surface area contributed by atoms with Crippen molar-refractivity contribution in [2.75, 3.05) is 5.32 Å². The Balaban J connectivity index is 1.77. The van der Waals surface area contributed by atoms with Crippen LogP contribution in [0, 0.1) is 11.6 Å². The first-order valence-corrected chi connectivity index (χ1v) is 10.8. The lowest BCUT2D eigenvalue weighted by Gasteiger charge is -2.12. The Morgan fingerprint density at radius 2 is 1.86 bits per heavy atom. The standard InChI is InChI=1S/C23H22F2N6O4/c1-4-12(2)26-20(33)13-5-7-15-18(9-13)31-22(29(3)21(15)34)28-30(23(31)35)11-19(32)27-17-10-14(24)6-8-16(17)25/h5-10,12H,4,11H2,1-3H3,(H,26,33)(H,27,32). The normalized spacial score (nSPS) is 12.1. The predicted molar refractivity (Wildman–Crippen MR) is 124 cm³/mol. The van der Waals surface area contributed by atoms with Gasteiger partial charge in [-0.3, -0.25) is 19.0 Å². The molecule has 10 nitrogen and oxygen atoms in total. The largest absolute Gasteiger partial charge is 0.352 e. The summed E-state index contributed by atoms with van der Waals surface area (Å²) in [6.45, 7) is 3.15. The minimum Gasteiger partial charge on any atom is -0.350 e. The van der Waals surface area contributed by atoms with Crippen LogP contribution in [0.5, 0.6) is 0 Å². The third kappa shape index (κ3) is 4.42. The van der Waals surface area contributed by atoms with Crippen LogP contribution in [0.25, 0.3) is 16.7 Å². The maximum Gasteiger partial charge on any atom is 0.352 e. The van der Waals surface area contributed by atoms with Gasteiger partial charge in [-0.2, -0.15) is 0 Å². The first kappa shape index (κ1) is 23.8. The number of hydrogen-bond donors (Lipinski definition) is 2. The van der Waals surface area contributed by atoms with Gasteiger partial charge in [-0.05, 0) is 43.7 Å². The Hall–Kier alpha value is -4.35. The fraction of sp³-hybridized carbons (Fsp3) is 0.261. The molecule has 2 N–H and O–H groups in total. The molecule has 0 radical (unpaired) electrons. The number of hydrogen-bond acceptors (Lipinski definition) is 5. The number of halogens is 2. The Morgan fingerprint density at radius 3 is 2.57 bits per heavy atom. The van der Waals surface area contributed by atoms with E-state index in [1.54, 1.807) is 0 Å². The van der Waals surface area contributed by atoms with Crippen molar-refractivity contribution in [2.24, 2.45) is 7.05 Å². The molecule has 0 aliphatic heterocycles. The molecule has 35 heavy (non-hydrogen) atoms. The highest BCUT2D eigenvalue weighted by Gasteiger charge is 2.19. The number of benzene rings is 2. The lowest BCUT2D eigenvalue weighted by Crippen LogP contribution is -2.32. The van der Waals surface area contributed by atoms with E-state index in [1.165, 1.54) is 25.2 Å². The van der Waals surface area contributed by atoms with E-state index in [2.05, 4.69) is 15.7 Å². The highest BCUT2D eigenvalue weighted by atomic mass is 19.1. The number of aryl methyl sites for hydroxylation is 1. The third-order valence-corrected chi connectivity index (χ3v) is 5.64. The average molecular weight is 484 g/mol. The van der Waals surface area contributed by atoms with E-state index in [1.807, 2.05) is 13.8 Å². The number of amides is 2. The van der Waals surface area contributed by atoms with Gasteiger partial charge in [-0.25, -0.2) is 22.7 Å². The van der Waals surface area contributed by atoms with E-state index in [0.717, 1.165) is 38.3 Å². The molecule has 2 aromatic heterocycles. The van der Waals surface area contributed by atoms with E-state index in [9.17, 15) is 28.0 Å². The monoisotopic (exact) mass is 484 g/mol. The van der Waals surface area contributed by atoms with Crippen LogP contribution in [0.2, 0.25) is 0 Å². The quantitative estimate of drug-likeness (QED) is 0.433. The van der Waals surface area contributed by atoms with Gasteiger partial charge < -0.3 is 10.6 Å². The zero-order valence-corrected chi connectivity index (χ0v) is 19.1. The molecule has 0 spiro atoms. The zero-order chi connectivity index (χ0) is 25.4. The molecule has 0 aliphatic carbocycles. The summed E-state index contributed by atoms with van der Waals surface area (Å²) in [4.78, 5) is 51.0. The first-order valence-electron chi connectivity index (χ1n) is 10.8. The summed E-state index contributed by atoms with van der Waals surface area (Å²) in [5.74, 6) is -2.86. The van der Waals surface area contributed by atoms with E-state index >= 15 is 0 Å². The Kier molecular flexibility index (Phi) is 6.20. The minimum absolute atomic E-state index is 0.0586. The molecule has 0 aliphatic rings. The fourth-order valence-electron chi connectivity index (χ4n) is 3.57. The number of fused-ring (bicyclic) bond motifs is 3. The molecule has 1 unspecified atom stereocenters. The van der Waals surface area contributed by atoms with Crippen molar-refractivity contribution >= 4 is 34.2 Å². The van der Waals surface area contributed by atoms with Crippen LogP contribution in [0.4, 0.5) is 14.5 Å². The second kappa shape index (κ2) is 9.12. The second-order valence-corrected chi connectivity index (χ2v) is 8.13. The highest BCUT2D eigenvalue weighted by Crippen LogP contribution is 2.16. The predicted octanol–water partition coefficient (Wildman–Crippen LogP) is 1.79. The van der Waals surface area contributed by atoms with Crippen LogP contribution in [0.3, 0.4) is 0 Å². The molecule has 0 fully saturated rings. The lowest BCUT2D eigenvalue weighted by atomic mass is 10.1. The Morgan fingerprint density at radius 1 is 1.11 bits per heavy atom. The maximum absolute atomic E-state index is 13.9. The van der Waals surface area contributed by atoms with E-state index in [0.29, 0.717) is 0 Å². The lowest BCUT2D eigenvalue weighted by molar-refractivity contribution is -0.117. The second-order valence-electron chi connectivity index (χ2n) is 8.13. The molecule has 182 valence electrons. The number of carbonyl (C=O) groups is 2. The smallest absolute Gasteiger partial charge is 0.350 e. The van der Waals surface area contributed by atoms with E-state index in [-0.39, 0.29) is 39.9 Å². The van der Waals surface area contributed by atoms with Crippen LogP contribution in [0.1, 0.15) is 30.6 Å². The average Bonchev–Trinajstić information content (AvgIpc) is 3.15. The van der Waals surface area contributed by atoms with Crippen LogP contribution < -0.4 is 21.9 Å². The van der Waals surface area contributed by atoms with Crippen molar-refractivity contribution in [3.8, 4) is 0 Å². The molecule has 2 heterocycles. The van der Waals surface area contributed by atoms with Crippen LogP contribution >= 0.6 is 0 Å². The number of carbonyl (C=O) groups excluding carboxylic acids is 2. The molecule has 4 rings (SSSR count). The summed E-state index contributed by atoms with van der Waals surface area (Å²) < 4.78 is 30.3. The van der Waals surface area contributed by atoms with Crippen molar-refractivity contribution in [1.29, 1.82) is 0 Å². The van der Waals surface area contributed by atoms with Crippen LogP contribution in [-0.4, -0.2) is 36.6 Å². The number of nitrogens with zero attached hydrogens (tertiary/aromatic N) is 4. The fourth-order valence-corrected chi connectivity index (χ4v) is 3.57. The molecular formula is C23H22F2N6O4. The molecular weight excluding hydrogens is 462 g/mol. The Labute approximate surface area is 196 Å². The van der Waals surface area contributed by atoms with Gasteiger partial charge in [-0.1, -0.05) is 6.92 Å². The zero-order valence-electron chi connectivity index (χ0n) is 19.1. The number of aromatic nitrogens is 4. The van der Waals surface area contributed by atoms with Crippen molar-refractivity contribution in [3.63, 3.8) is 0 Å². The summed E-state index contributed by atoms with van der Waals surface area (Å²) in [7, 11) is 1.42. The topological polar surface area (TPSA) is 120 Å². The molecule has 0 saturated heterocycles. The summed E-state index contributed by atoms with van der Waals surface area (Å²) in [5.41, 5.74) is -1.21. The summed E-state index contributed by atoms with van der Waals surface area (Å²) in [6, 6.07) is 6.85. The molecule has 0 saturated carbocycles. The molecule has 2 aromatic carbocycles. The van der Waals surface area contributed by atoms with Gasteiger partial charge in [0.15, 0.2) is 0 Å². The molecule has 1 atom stereocenters. The summed E-state index contributed by atoms with van der Waals surface area (Å²) >= 11 is 0. The van der Waals surface area contributed by atoms with Crippen molar-refractivity contribution in [1.82, 2.24) is 24.1 Å². The van der Waals surface area contributed by atoms with Gasteiger partial charge in [0.1, 0.15) is 18.2 Å². The van der Waals surface area contributed by atoms with Crippen LogP contribution in [0.15, 0.2) is 46.0 Å². The van der Waals surface area contributed by atoms with Gasteiger partial charge in [0.05, 0.1) is 16.6 Å². The van der Waals surface area contributed by atoms with Crippen molar-refractivity contribution in [3.05, 3.63) is 74.4 Å². The molecule has 0 bridgehead atoms. The van der Waals surface area contributed by atoms with Gasteiger partial charge in [0, 0.05) is 24.7 Å². The number of nitrogens with one attached hydrogen (secondary N) is 2. The first-order chi connectivity index (χ1) is 16.6. The third-order valence-electron chi connectivity index (χ3n) is 5.64. The van der Waals surface area contributed by atoms with Crippen LogP contribution in [-0.2, 0) is 18.4 Å². The van der Waals surface area contributed by atoms with Crippen molar-refractivity contribution < 1.29 is 18.4 Å².